The van der Waals surface area contributed by atoms with Gasteiger partial charge >= 0.3 is 0 Å². The van der Waals surface area contributed by atoms with Gasteiger partial charge in [0.15, 0.2) is 0 Å². The lowest BCUT2D eigenvalue weighted by Crippen LogP contribution is -2.48. The average molecular weight is 325 g/mol. The molecule has 22 heavy (non-hydrogen) atoms. The standard InChI is InChI=1S/C16H24FN3OS/c1-15(2,3)22(21)20-14-12-8-11(17)10-19-13(12)9-16(14)4-6-18-7-5-16/h8,10,14,18,20H,4-7,9H2,1-3H3/t14-,22?/m0/s1. The molecule has 122 valence electrons. The second kappa shape index (κ2) is 5.74. The maximum Gasteiger partial charge on any atom is 0.141 e. The smallest absolute Gasteiger partial charge is 0.141 e. The third kappa shape index (κ3) is 2.89. The first kappa shape index (κ1) is 16.2. The fourth-order valence-electron chi connectivity index (χ4n) is 3.51. The minimum Gasteiger partial charge on any atom is -0.598 e. The quantitative estimate of drug-likeness (QED) is 0.819. The summed E-state index contributed by atoms with van der Waals surface area (Å²) in [5.41, 5.74) is 1.83. The van der Waals surface area contributed by atoms with Crippen LogP contribution in [0.2, 0.25) is 0 Å². The zero-order chi connectivity index (χ0) is 16.0. The highest BCUT2D eigenvalue weighted by atomic mass is 32.2. The highest BCUT2D eigenvalue weighted by Crippen LogP contribution is 2.51. The Morgan fingerprint density at radius 1 is 1.41 bits per heavy atom. The van der Waals surface area contributed by atoms with E-state index in [0.29, 0.717) is 0 Å². The average Bonchev–Trinajstić information content (AvgIpc) is 2.72. The van der Waals surface area contributed by atoms with Crippen molar-refractivity contribution in [1.29, 1.82) is 0 Å². The molecule has 0 aromatic carbocycles. The van der Waals surface area contributed by atoms with E-state index in [1.54, 1.807) is 6.07 Å². The predicted octanol–water partition coefficient (Wildman–Crippen LogP) is 2.24. The van der Waals surface area contributed by atoms with E-state index in [0.717, 1.165) is 43.6 Å². The Bertz CT molecular complexity index is 555. The Hall–Kier alpha value is -0.690. The van der Waals surface area contributed by atoms with Gasteiger partial charge in [-0.05, 0) is 64.8 Å². The Morgan fingerprint density at radius 2 is 2.09 bits per heavy atom. The van der Waals surface area contributed by atoms with E-state index in [1.807, 2.05) is 20.8 Å². The maximum absolute atomic E-state index is 13.7. The first-order valence-electron chi connectivity index (χ1n) is 7.85. The SMILES string of the molecule is CC(C)(C)[S+]([O-])N[C@H]1c2cc(F)cnc2CC12CCNCC2. The van der Waals surface area contributed by atoms with E-state index in [9.17, 15) is 8.94 Å². The molecule has 1 aromatic rings. The molecule has 1 saturated heterocycles. The fraction of sp³-hybridized carbons (Fsp3) is 0.688. The largest absolute Gasteiger partial charge is 0.598 e. The summed E-state index contributed by atoms with van der Waals surface area (Å²) in [5.74, 6) is -0.321. The molecule has 1 aliphatic carbocycles. The molecule has 0 amide bonds. The summed E-state index contributed by atoms with van der Waals surface area (Å²) in [7, 11) is 0. The molecular weight excluding hydrogens is 301 g/mol. The molecule has 3 rings (SSSR count). The fourth-order valence-corrected chi connectivity index (χ4v) is 4.45. The summed E-state index contributed by atoms with van der Waals surface area (Å²) in [6, 6.07) is 1.48. The van der Waals surface area contributed by atoms with Crippen LogP contribution in [0.1, 0.15) is 50.9 Å². The van der Waals surface area contributed by atoms with Crippen LogP contribution in [-0.2, 0) is 17.8 Å². The molecule has 1 aliphatic heterocycles. The summed E-state index contributed by atoms with van der Waals surface area (Å²) in [6.45, 7) is 7.73. The minimum atomic E-state index is -1.19. The van der Waals surface area contributed by atoms with E-state index in [1.165, 1.54) is 6.20 Å². The van der Waals surface area contributed by atoms with Crippen molar-refractivity contribution in [2.75, 3.05) is 13.1 Å². The van der Waals surface area contributed by atoms with Crippen LogP contribution < -0.4 is 10.0 Å². The second-order valence-corrected chi connectivity index (χ2v) is 9.41. The van der Waals surface area contributed by atoms with E-state index in [4.69, 9.17) is 0 Å². The van der Waals surface area contributed by atoms with Gasteiger partial charge in [0, 0.05) is 22.5 Å². The van der Waals surface area contributed by atoms with Gasteiger partial charge in [0.25, 0.3) is 0 Å². The number of piperidine rings is 1. The number of rotatable bonds is 2. The minimum absolute atomic E-state index is 0.00468. The Kier molecular flexibility index (Phi) is 4.22. The Balaban J connectivity index is 1.95. The lowest BCUT2D eigenvalue weighted by Gasteiger charge is -2.40. The van der Waals surface area contributed by atoms with Crippen molar-refractivity contribution in [3.8, 4) is 0 Å². The molecule has 1 unspecified atom stereocenters. The number of nitrogens with one attached hydrogen (secondary N) is 2. The molecule has 1 spiro atoms. The normalized spacial score (nSPS) is 25.2. The summed E-state index contributed by atoms with van der Waals surface area (Å²) >= 11 is -1.19. The number of hydrogen-bond acceptors (Lipinski definition) is 4. The van der Waals surface area contributed by atoms with Crippen molar-refractivity contribution in [3.63, 3.8) is 0 Å². The van der Waals surface area contributed by atoms with Gasteiger partial charge < -0.3 is 9.87 Å². The van der Waals surface area contributed by atoms with Crippen LogP contribution in [-0.4, -0.2) is 27.4 Å². The van der Waals surface area contributed by atoms with Crippen LogP contribution in [0.3, 0.4) is 0 Å². The lowest BCUT2D eigenvalue weighted by atomic mass is 9.74. The predicted molar refractivity (Wildman–Crippen MR) is 86.2 cm³/mol. The zero-order valence-electron chi connectivity index (χ0n) is 13.4. The number of fused-ring (bicyclic) bond motifs is 1. The summed E-state index contributed by atoms with van der Waals surface area (Å²) in [4.78, 5) is 4.29. The van der Waals surface area contributed by atoms with Gasteiger partial charge in [-0.25, -0.2) is 4.39 Å². The highest BCUT2D eigenvalue weighted by molar-refractivity contribution is 7.90. The first-order valence-corrected chi connectivity index (χ1v) is 9.00. The molecule has 0 radical (unpaired) electrons. The van der Waals surface area contributed by atoms with Crippen LogP contribution in [0.15, 0.2) is 12.3 Å². The van der Waals surface area contributed by atoms with Crippen LogP contribution in [0.5, 0.6) is 0 Å². The molecule has 2 heterocycles. The Morgan fingerprint density at radius 3 is 2.73 bits per heavy atom. The van der Waals surface area contributed by atoms with Gasteiger partial charge in [-0.15, -0.1) is 4.72 Å². The van der Waals surface area contributed by atoms with Crippen LogP contribution >= 0.6 is 0 Å². The third-order valence-electron chi connectivity index (χ3n) is 4.79. The van der Waals surface area contributed by atoms with Gasteiger partial charge in [-0.3, -0.25) is 4.98 Å². The summed E-state index contributed by atoms with van der Waals surface area (Å²) in [5, 5.41) is 3.38. The monoisotopic (exact) mass is 325 g/mol. The zero-order valence-corrected chi connectivity index (χ0v) is 14.2. The molecule has 6 heteroatoms. The number of aromatic nitrogens is 1. The molecule has 2 aliphatic rings. The number of nitrogens with zero attached hydrogens (tertiary/aromatic N) is 1. The molecular formula is C16H24FN3OS. The highest BCUT2D eigenvalue weighted by Gasteiger charge is 2.50. The lowest BCUT2D eigenvalue weighted by molar-refractivity contribution is 0.163. The van der Waals surface area contributed by atoms with E-state index >= 15 is 0 Å². The number of pyridine rings is 1. The van der Waals surface area contributed by atoms with Gasteiger partial charge in [0.05, 0.1) is 12.2 Å². The van der Waals surface area contributed by atoms with Crippen molar-refractivity contribution in [2.45, 2.75) is 50.8 Å². The van der Waals surface area contributed by atoms with Crippen molar-refractivity contribution in [1.82, 2.24) is 15.0 Å². The van der Waals surface area contributed by atoms with Gasteiger partial charge in [-0.1, -0.05) is 0 Å². The van der Waals surface area contributed by atoms with Crippen LogP contribution in [0.25, 0.3) is 0 Å². The molecule has 0 saturated carbocycles. The summed E-state index contributed by atoms with van der Waals surface area (Å²) in [6.07, 6.45) is 4.11. The molecule has 2 atom stereocenters. The van der Waals surface area contributed by atoms with Crippen LogP contribution in [0, 0.1) is 11.2 Å². The maximum atomic E-state index is 13.7. The van der Waals surface area contributed by atoms with Gasteiger partial charge in [-0.2, -0.15) is 0 Å². The topological polar surface area (TPSA) is 60.0 Å². The number of hydrogen-bond donors (Lipinski definition) is 2. The van der Waals surface area contributed by atoms with Gasteiger partial charge in [0.1, 0.15) is 10.6 Å². The van der Waals surface area contributed by atoms with E-state index < -0.39 is 11.4 Å². The van der Waals surface area contributed by atoms with Crippen molar-refractivity contribution < 1.29 is 8.94 Å². The third-order valence-corrected chi connectivity index (χ3v) is 6.36. The molecule has 4 nitrogen and oxygen atoms in total. The summed E-state index contributed by atoms with van der Waals surface area (Å²) < 4.78 is 29.2. The van der Waals surface area contributed by atoms with Crippen molar-refractivity contribution in [2.24, 2.45) is 5.41 Å². The molecule has 2 N–H and O–H groups in total. The first-order chi connectivity index (χ1) is 10.3. The number of halogens is 1. The second-order valence-electron chi connectivity index (χ2n) is 7.41. The van der Waals surface area contributed by atoms with Gasteiger partial charge in [0.2, 0.25) is 0 Å². The Labute approximate surface area is 134 Å². The van der Waals surface area contributed by atoms with Crippen LogP contribution in [0.4, 0.5) is 4.39 Å². The molecule has 1 fully saturated rings. The van der Waals surface area contributed by atoms with Crippen molar-refractivity contribution >= 4 is 11.4 Å². The van der Waals surface area contributed by atoms with E-state index in [-0.39, 0.29) is 22.0 Å². The molecule has 1 aromatic heterocycles. The molecule has 0 bridgehead atoms. The van der Waals surface area contributed by atoms with Crippen molar-refractivity contribution in [3.05, 3.63) is 29.3 Å². The van der Waals surface area contributed by atoms with E-state index in [2.05, 4.69) is 15.0 Å².